The van der Waals surface area contributed by atoms with Crippen LogP contribution in [-0.2, 0) is 21.2 Å². The number of hydrogen-bond donors (Lipinski definition) is 2. The molecular formula is C15H17F3N2O2. The van der Waals surface area contributed by atoms with Crippen LogP contribution in [0.3, 0.4) is 0 Å². The SMILES string of the molecule is CCNC(=O)CNC(=O)C1(c2cccc(C(F)(F)F)c2)CC1. The van der Waals surface area contributed by atoms with Gasteiger partial charge in [-0.2, -0.15) is 13.2 Å². The van der Waals surface area contributed by atoms with Crippen molar-refractivity contribution in [1.29, 1.82) is 0 Å². The molecule has 0 bridgehead atoms. The number of amides is 2. The van der Waals surface area contributed by atoms with Gasteiger partial charge in [-0.3, -0.25) is 9.59 Å². The van der Waals surface area contributed by atoms with E-state index in [-0.39, 0.29) is 12.5 Å². The second-order valence-corrected chi connectivity index (χ2v) is 5.30. The van der Waals surface area contributed by atoms with E-state index in [2.05, 4.69) is 10.6 Å². The molecule has 7 heteroatoms. The number of nitrogens with one attached hydrogen (secondary N) is 2. The summed E-state index contributed by atoms with van der Waals surface area (Å²) in [6, 6.07) is 4.81. The lowest BCUT2D eigenvalue weighted by atomic mass is 9.93. The minimum absolute atomic E-state index is 0.173. The van der Waals surface area contributed by atoms with Gasteiger partial charge < -0.3 is 10.6 Å². The highest BCUT2D eigenvalue weighted by Crippen LogP contribution is 2.49. The van der Waals surface area contributed by atoms with Gasteiger partial charge in [-0.25, -0.2) is 0 Å². The number of likely N-dealkylation sites (N-methyl/N-ethyl adjacent to an activating group) is 1. The van der Waals surface area contributed by atoms with E-state index < -0.39 is 23.1 Å². The second-order valence-electron chi connectivity index (χ2n) is 5.30. The van der Waals surface area contributed by atoms with Crippen molar-refractivity contribution in [3.8, 4) is 0 Å². The van der Waals surface area contributed by atoms with Crippen molar-refractivity contribution < 1.29 is 22.8 Å². The number of alkyl halides is 3. The maximum Gasteiger partial charge on any atom is 0.416 e. The molecule has 0 spiro atoms. The third kappa shape index (κ3) is 3.40. The van der Waals surface area contributed by atoms with E-state index in [1.165, 1.54) is 12.1 Å². The number of rotatable bonds is 5. The Labute approximate surface area is 126 Å². The molecule has 22 heavy (non-hydrogen) atoms. The van der Waals surface area contributed by atoms with E-state index in [1.807, 2.05) is 0 Å². The Morgan fingerprint density at radius 1 is 1.23 bits per heavy atom. The largest absolute Gasteiger partial charge is 0.416 e. The zero-order chi connectivity index (χ0) is 16.4. The normalized spacial score (nSPS) is 16.0. The van der Waals surface area contributed by atoms with Gasteiger partial charge in [0.1, 0.15) is 0 Å². The monoisotopic (exact) mass is 314 g/mol. The number of halogens is 3. The van der Waals surface area contributed by atoms with Crippen LogP contribution in [0.25, 0.3) is 0 Å². The van der Waals surface area contributed by atoms with Crippen LogP contribution in [0.5, 0.6) is 0 Å². The lowest BCUT2D eigenvalue weighted by Crippen LogP contribution is -2.41. The first-order chi connectivity index (χ1) is 10.3. The van der Waals surface area contributed by atoms with E-state index in [9.17, 15) is 22.8 Å². The van der Waals surface area contributed by atoms with Crippen molar-refractivity contribution >= 4 is 11.8 Å². The van der Waals surface area contributed by atoms with Gasteiger partial charge in [0.05, 0.1) is 17.5 Å². The molecule has 0 aromatic heterocycles. The topological polar surface area (TPSA) is 58.2 Å². The molecule has 2 rings (SSSR count). The summed E-state index contributed by atoms with van der Waals surface area (Å²) in [6.45, 7) is 2.03. The number of carbonyl (C=O) groups is 2. The third-order valence-corrected chi connectivity index (χ3v) is 3.71. The van der Waals surface area contributed by atoms with Gasteiger partial charge >= 0.3 is 6.18 Å². The van der Waals surface area contributed by atoms with Crippen LogP contribution in [0.4, 0.5) is 13.2 Å². The fourth-order valence-corrected chi connectivity index (χ4v) is 2.35. The second kappa shape index (κ2) is 5.98. The predicted molar refractivity (Wildman–Crippen MR) is 74.0 cm³/mol. The van der Waals surface area contributed by atoms with Crippen molar-refractivity contribution in [1.82, 2.24) is 10.6 Å². The van der Waals surface area contributed by atoms with Crippen molar-refractivity contribution in [2.24, 2.45) is 0 Å². The minimum Gasteiger partial charge on any atom is -0.355 e. The summed E-state index contributed by atoms with van der Waals surface area (Å²) in [5, 5.41) is 5.03. The Hall–Kier alpha value is -2.05. The molecule has 0 aliphatic heterocycles. The molecule has 4 nitrogen and oxygen atoms in total. The van der Waals surface area contributed by atoms with Crippen LogP contribution in [0.2, 0.25) is 0 Å². The highest BCUT2D eigenvalue weighted by atomic mass is 19.4. The van der Waals surface area contributed by atoms with Crippen molar-refractivity contribution in [3.05, 3.63) is 35.4 Å². The fraction of sp³-hybridized carbons (Fsp3) is 0.467. The highest BCUT2D eigenvalue weighted by molar-refractivity contribution is 5.93. The lowest BCUT2D eigenvalue weighted by molar-refractivity contribution is -0.137. The van der Waals surface area contributed by atoms with Crippen LogP contribution < -0.4 is 10.6 Å². The molecule has 1 fully saturated rings. The summed E-state index contributed by atoms with van der Waals surface area (Å²) in [6.07, 6.45) is -3.48. The number of hydrogen-bond acceptors (Lipinski definition) is 2. The first kappa shape index (κ1) is 16.3. The first-order valence-corrected chi connectivity index (χ1v) is 7.02. The Balaban J connectivity index is 2.11. The Morgan fingerprint density at radius 2 is 1.91 bits per heavy atom. The smallest absolute Gasteiger partial charge is 0.355 e. The Bertz CT molecular complexity index is 580. The highest BCUT2D eigenvalue weighted by Gasteiger charge is 2.51. The molecule has 0 unspecified atom stereocenters. The number of carbonyl (C=O) groups excluding carboxylic acids is 2. The molecular weight excluding hydrogens is 297 g/mol. The zero-order valence-electron chi connectivity index (χ0n) is 12.1. The van der Waals surface area contributed by atoms with E-state index >= 15 is 0 Å². The van der Waals surface area contributed by atoms with Crippen molar-refractivity contribution in [3.63, 3.8) is 0 Å². The molecule has 1 saturated carbocycles. The van der Waals surface area contributed by atoms with Gasteiger partial charge in [0.2, 0.25) is 11.8 Å². The predicted octanol–water partition coefficient (Wildman–Crippen LogP) is 1.99. The van der Waals surface area contributed by atoms with Gasteiger partial charge in [-0.1, -0.05) is 18.2 Å². The first-order valence-electron chi connectivity index (χ1n) is 7.02. The molecule has 2 N–H and O–H groups in total. The standard InChI is InChI=1S/C15H17F3N2O2/c1-2-19-12(21)9-20-13(22)14(6-7-14)10-4-3-5-11(8-10)15(16,17)18/h3-5,8H,2,6-7,9H2,1H3,(H,19,21)(H,20,22). The summed E-state index contributed by atoms with van der Waals surface area (Å²) in [5.41, 5.74) is -1.36. The maximum atomic E-state index is 12.8. The van der Waals surface area contributed by atoms with E-state index in [4.69, 9.17) is 0 Å². The summed E-state index contributed by atoms with van der Waals surface area (Å²) >= 11 is 0. The van der Waals surface area contributed by atoms with E-state index in [0.29, 0.717) is 24.9 Å². The fourth-order valence-electron chi connectivity index (χ4n) is 2.35. The maximum absolute atomic E-state index is 12.8. The lowest BCUT2D eigenvalue weighted by Gasteiger charge is -2.17. The quantitative estimate of drug-likeness (QED) is 0.873. The molecule has 0 radical (unpaired) electrons. The molecule has 120 valence electrons. The summed E-state index contributed by atoms with van der Waals surface area (Å²) < 4.78 is 38.3. The average Bonchev–Trinajstić information content (AvgIpc) is 3.26. The van der Waals surface area contributed by atoms with E-state index in [0.717, 1.165) is 12.1 Å². The molecule has 1 aromatic rings. The van der Waals surface area contributed by atoms with Crippen LogP contribution in [-0.4, -0.2) is 24.9 Å². The number of benzene rings is 1. The average molecular weight is 314 g/mol. The molecule has 2 amide bonds. The molecule has 1 aromatic carbocycles. The van der Waals surface area contributed by atoms with Crippen molar-refractivity contribution in [2.45, 2.75) is 31.4 Å². The summed E-state index contributed by atoms with van der Waals surface area (Å²) in [7, 11) is 0. The van der Waals surface area contributed by atoms with Gasteiger partial charge in [0, 0.05) is 6.54 Å². The molecule has 1 aliphatic rings. The summed E-state index contributed by atoms with van der Waals surface area (Å²) in [4.78, 5) is 23.6. The summed E-state index contributed by atoms with van der Waals surface area (Å²) in [5.74, 6) is -0.728. The van der Waals surface area contributed by atoms with Gasteiger partial charge in [0.15, 0.2) is 0 Å². The molecule has 0 saturated heterocycles. The molecule has 0 atom stereocenters. The Kier molecular flexibility index (Phi) is 4.44. The van der Waals surface area contributed by atoms with E-state index in [1.54, 1.807) is 6.92 Å². The Morgan fingerprint density at radius 3 is 2.45 bits per heavy atom. The zero-order valence-corrected chi connectivity index (χ0v) is 12.1. The van der Waals surface area contributed by atoms with Crippen LogP contribution in [0, 0.1) is 0 Å². The van der Waals surface area contributed by atoms with Gasteiger partial charge in [-0.05, 0) is 31.4 Å². The molecule has 0 heterocycles. The van der Waals surface area contributed by atoms with Crippen LogP contribution in [0.1, 0.15) is 30.9 Å². The van der Waals surface area contributed by atoms with Crippen LogP contribution in [0.15, 0.2) is 24.3 Å². The van der Waals surface area contributed by atoms with Gasteiger partial charge in [-0.15, -0.1) is 0 Å². The van der Waals surface area contributed by atoms with Gasteiger partial charge in [0.25, 0.3) is 0 Å². The van der Waals surface area contributed by atoms with Crippen molar-refractivity contribution in [2.75, 3.05) is 13.1 Å². The molecule has 1 aliphatic carbocycles. The third-order valence-electron chi connectivity index (χ3n) is 3.71. The van der Waals surface area contributed by atoms with Crippen LogP contribution >= 0.6 is 0 Å². The minimum atomic E-state index is -4.44.